The number of aromatic nitrogens is 1. The SMILES string of the molecule is O=C(Nc1cccc(C#Cc2ccccn2)c1)c1ccc(S(=O)(=O)N2CCCC2)cc1. The minimum atomic E-state index is -3.49. The number of rotatable bonds is 4. The van der Waals surface area contributed by atoms with Crippen LogP contribution in [-0.2, 0) is 10.0 Å². The maximum absolute atomic E-state index is 12.6. The Balaban J connectivity index is 1.45. The number of amides is 1. The van der Waals surface area contributed by atoms with E-state index in [0.29, 0.717) is 30.0 Å². The minimum Gasteiger partial charge on any atom is -0.322 e. The molecule has 0 aliphatic carbocycles. The number of nitrogens with one attached hydrogen (secondary N) is 1. The van der Waals surface area contributed by atoms with Crippen molar-refractivity contribution in [2.45, 2.75) is 17.7 Å². The predicted molar refractivity (Wildman–Crippen MR) is 119 cm³/mol. The molecule has 2 heterocycles. The van der Waals surface area contributed by atoms with E-state index < -0.39 is 10.0 Å². The molecule has 1 saturated heterocycles. The molecule has 0 saturated carbocycles. The Kier molecular flexibility index (Phi) is 6.12. The molecule has 1 aliphatic heterocycles. The molecule has 0 spiro atoms. The monoisotopic (exact) mass is 431 g/mol. The molecule has 0 bridgehead atoms. The second-order valence-corrected chi connectivity index (χ2v) is 9.07. The summed E-state index contributed by atoms with van der Waals surface area (Å²) in [6.45, 7) is 1.09. The molecule has 7 heteroatoms. The zero-order chi connectivity index (χ0) is 21.7. The topological polar surface area (TPSA) is 79.4 Å². The average molecular weight is 432 g/mol. The standard InChI is InChI=1S/C24H21N3O3S/c28-24(20-10-13-23(14-11-20)31(29,30)27-16-3-4-17-27)26-22-8-5-6-19(18-22)9-12-21-7-1-2-15-25-21/h1-2,5-8,10-11,13-15,18H,3-4,16-17H2,(H,26,28). The molecule has 1 N–H and O–H groups in total. The molecule has 31 heavy (non-hydrogen) atoms. The average Bonchev–Trinajstić information content (AvgIpc) is 3.35. The van der Waals surface area contributed by atoms with E-state index in [2.05, 4.69) is 22.1 Å². The van der Waals surface area contributed by atoms with Crippen molar-refractivity contribution in [3.05, 3.63) is 89.7 Å². The van der Waals surface area contributed by atoms with E-state index in [4.69, 9.17) is 0 Å². The fourth-order valence-electron chi connectivity index (χ4n) is 3.31. The molecule has 1 amide bonds. The third-order valence-electron chi connectivity index (χ3n) is 4.94. The number of benzene rings is 2. The van der Waals surface area contributed by atoms with Crippen molar-refractivity contribution in [2.75, 3.05) is 18.4 Å². The van der Waals surface area contributed by atoms with Gasteiger partial charge in [-0.25, -0.2) is 13.4 Å². The first kappa shape index (κ1) is 20.8. The molecular formula is C24H21N3O3S. The summed E-state index contributed by atoms with van der Waals surface area (Å²) >= 11 is 0. The van der Waals surface area contributed by atoms with Gasteiger partial charge in [0.05, 0.1) is 4.90 Å². The third-order valence-corrected chi connectivity index (χ3v) is 6.85. The summed E-state index contributed by atoms with van der Waals surface area (Å²) in [5, 5.41) is 2.83. The molecule has 6 nitrogen and oxygen atoms in total. The van der Waals surface area contributed by atoms with Gasteiger partial charge in [0.25, 0.3) is 5.91 Å². The molecule has 1 aromatic heterocycles. The van der Waals surface area contributed by atoms with E-state index in [9.17, 15) is 13.2 Å². The number of carbonyl (C=O) groups is 1. The maximum atomic E-state index is 12.6. The minimum absolute atomic E-state index is 0.206. The van der Waals surface area contributed by atoms with Gasteiger partial charge in [0.15, 0.2) is 0 Å². The lowest BCUT2D eigenvalue weighted by Crippen LogP contribution is -2.27. The number of sulfonamides is 1. The van der Waals surface area contributed by atoms with Crippen LogP contribution in [0.15, 0.2) is 77.8 Å². The predicted octanol–water partition coefficient (Wildman–Crippen LogP) is 3.52. The van der Waals surface area contributed by atoms with E-state index in [1.165, 1.54) is 28.6 Å². The van der Waals surface area contributed by atoms with Gasteiger partial charge < -0.3 is 5.32 Å². The van der Waals surface area contributed by atoms with Crippen LogP contribution in [-0.4, -0.2) is 36.7 Å². The van der Waals surface area contributed by atoms with E-state index in [1.54, 1.807) is 18.3 Å². The molecule has 3 aromatic rings. The second kappa shape index (κ2) is 9.13. The van der Waals surface area contributed by atoms with Gasteiger partial charge in [0.1, 0.15) is 5.69 Å². The van der Waals surface area contributed by atoms with Crippen LogP contribution in [0.2, 0.25) is 0 Å². The number of hydrogen-bond acceptors (Lipinski definition) is 4. The van der Waals surface area contributed by atoms with E-state index in [-0.39, 0.29) is 10.8 Å². The van der Waals surface area contributed by atoms with Gasteiger partial charge in [-0.1, -0.05) is 18.1 Å². The lowest BCUT2D eigenvalue weighted by molar-refractivity contribution is 0.102. The summed E-state index contributed by atoms with van der Waals surface area (Å²) in [4.78, 5) is 17.0. The molecule has 0 radical (unpaired) electrons. The van der Waals surface area contributed by atoms with Crippen LogP contribution in [0.3, 0.4) is 0 Å². The highest BCUT2D eigenvalue weighted by Gasteiger charge is 2.27. The van der Waals surface area contributed by atoms with Crippen molar-refractivity contribution in [3.63, 3.8) is 0 Å². The van der Waals surface area contributed by atoms with Crippen molar-refractivity contribution < 1.29 is 13.2 Å². The fraction of sp³-hybridized carbons (Fsp3) is 0.167. The first-order valence-electron chi connectivity index (χ1n) is 9.97. The van der Waals surface area contributed by atoms with Crippen LogP contribution in [0.5, 0.6) is 0 Å². The van der Waals surface area contributed by atoms with Gasteiger partial charge in [-0.15, -0.1) is 0 Å². The van der Waals surface area contributed by atoms with Gasteiger partial charge >= 0.3 is 0 Å². The lowest BCUT2D eigenvalue weighted by atomic mass is 10.1. The first-order valence-corrected chi connectivity index (χ1v) is 11.4. The number of pyridine rings is 1. The Hall–Kier alpha value is -3.47. The van der Waals surface area contributed by atoms with Crippen LogP contribution in [0.4, 0.5) is 5.69 Å². The van der Waals surface area contributed by atoms with Crippen molar-refractivity contribution in [1.29, 1.82) is 0 Å². The van der Waals surface area contributed by atoms with Crippen molar-refractivity contribution in [2.24, 2.45) is 0 Å². The van der Waals surface area contributed by atoms with Gasteiger partial charge in [-0.3, -0.25) is 4.79 Å². The Labute approximate surface area is 182 Å². The zero-order valence-corrected chi connectivity index (χ0v) is 17.6. The molecule has 156 valence electrons. The number of nitrogens with zero attached hydrogens (tertiary/aromatic N) is 2. The largest absolute Gasteiger partial charge is 0.322 e. The summed E-state index contributed by atoms with van der Waals surface area (Å²) < 4.78 is 26.7. The Bertz CT molecular complexity index is 1240. The lowest BCUT2D eigenvalue weighted by Gasteiger charge is -2.15. The van der Waals surface area contributed by atoms with Crippen LogP contribution in [0, 0.1) is 11.8 Å². The quantitative estimate of drug-likeness (QED) is 0.641. The molecule has 1 fully saturated rings. The van der Waals surface area contributed by atoms with Crippen LogP contribution in [0.25, 0.3) is 0 Å². The second-order valence-electron chi connectivity index (χ2n) is 7.14. The molecule has 0 atom stereocenters. The summed E-state index contributed by atoms with van der Waals surface area (Å²) in [6, 6.07) is 18.8. The number of carbonyl (C=O) groups excluding carboxylic acids is 1. The Morgan fingerprint density at radius 2 is 1.71 bits per heavy atom. The van der Waals surface area contributed by atoms with Crippen LogP contribution in [0.1, 0.15) is 34.5 Å². The van der Waals surface area contributed by atoms with E-state index in [1.807, 2.05) is 30.3 Å². The van der Waals surface area contributed by atoms with Crippen molar-refractivity contribution in [3.8, 4) is 11.8 Å². The highest BCUT2D eigenvalue weighted by Crippen LogP contribution is 2.21. The zero-order valence-electron chi connectivity index (χ0n) is 16.8. The Morgan fingerprint density at radius 3 is 2.42 bits per heavy atom. The molecule has 1 aliphatic rings. The number of hydrogen-bond donors (Lipinski definition) is 1. The highest BCUT2D eigenvalue weighted by atomic mass is 32.2. The summed E-state index contributed by atoms with van der Waals surface area (Å²) in [7, 11) is -3.49. The molecule has 2 aromatic carbocycles. The van der Waals surface area contributed by atoms with E-state index >= 15 is 0 Å². The molecular weight excluding hydrogens is 410 g/mol. The van der Waals surface area contributed by atoms with Crippen LogP contribution >= 0.6 is 0 Å². The Morgan fingerprint density at radius 1 is 0.935 bits per heavy atom. The third kappa shape index (κ3) is 5.00. The number of anilines is 1. The fourth-order valence-corrected chi connectivity index (χ4v) is 4.82. The van der Waals surface area contributed by atoms with Gasteiger partial charge in [0, 0.05) is 36.1 Å². The maximum Gasteiger partial charge on any atom is 0.255 e. The smallest absolute Gasteiger partial charge is 0.255 e. The van der Waals surface area contributed by atoms with Gasteiger partial charge in [-0.05, 0) is 73.4 Å². The van der Waals surface area contributed by atoms with Crippen molar-refractivity contribution in [1.82, 2.24) is 9.29 Å². The van der Waals surface area contributed by atoms with Gasteiger partial charge in [0.2, 0.25) is 10.0 Å². The summed E-state index contributed by atoms with van der Waals surface area (Å²) in [5.74, 6) is 5.69. The van der Waals surface area contributed by atoms with E-state index in [0.717, 1.165) is 18.4 Å². The molecule has 4 rings (SSSR count). The van der Waals surface area contributed by atoms with Gasteiger partial charge in [-0.2, -0.15) is 4.31 Å². The highest BCUT2D eigenvalue weighted by molar-refractivity contribution is 7.89. The van der Waals surface area contributed by atoms with Crippen LogP contribution < -0.4 is 5.32 Å². The normalized spacial score (nSPS) is 13.9. The summed E-state index contributed by atoms with van der Waals surface area (Å²) in [6.07, 6.45) is 3.44. The summed E-state index contributed by atoms with van der Waals surface area (Å²) in [5.41, 5.74) is 2.40. The first-order chi connectivity index (χ1) is 15.0. The molecule has 0 unspecified atom stereocenters. The van der Waals surface area contributed by atoms with Crippen molar-refractivity contribution >= 4 is 21.6 Å².